The minimum absolute atomic E-state index is 0. The third-order valence-corrected chi connectivity index (χ3v) is 20.7. The summed E-state index contributed by atoms with van der Waals surface area (Å²) in [6, 6.07) is 14.2. The van der Waals surface area contributed by atoms with Crippen LogP contribution in [-0.4, -0.2) is 135 Å². The number of rotatable bonds is 13. The Morgan fingerprint density at radius 2 is 0.525 bits per heavy atom. The van der Waals surface area contributed by atoms with E-state index in [1.54, 1.807) is 0 Å². The maximum Gasteiger partial charge on any atom is -1.00 e. The molecule has 0 heterocycles. The van der Waals surface area contributed by atoms with Crippen molar-refractivity contribution in [1.29, 1.82) is 0 Å². The first-order chi connectivity index (χ1) is 25.8. The van der Waals surface area contributed by atoms with Crippen LogP contribution in [0.1, 0.15) is 27.7 Å². The molecule has 0 saturated carbocycles. The van der Waals surface area contributed by atoms with Gasteiger partial charge in [0.05, 0.1) is 0 Å². The number of hydrogen-bond acceptors (Lipinski definition) is 9. The number of nitrogens with zero attached hydrogens (tertiary/aromatic N) is 9. The molecule has 0 unspecified atom stereocenters. The molecule has 59 heavy (non-hydrogen) atoms. The van der Waals surface area contributed by atoms with E-state index in [-0.39, 0.29) is 37.2 Å². The second-order valence-corrected chi connectivity index (χ2v) is 23.2. The van der Waals surface area contributed by atoms with Gasteiger partial charge in [0.25, 0.3) is 0 Å². The van der Waals surface area contributed by atoms with Gasteiger partial charge in [-0.25, -0.2) is 0 Å². The average Bonchev–Trinajstić information content (AvgIpc) is 3.25. The summed E-state index contributed by atoms with van der Waals surface area (Å²) in [6.07, 6.45) is 0. The molecule has 4 rings (SSSR count). The van der Waals surface area contributed by atoms with Crippen LogP contribution < -0.4 is 96.9 Å². The fraction of sp³-hybridized carbons (Fsp3) is 0.511. The Hall–Kier alpha value is -2.86. The Bertz CT molecular complexity index is 1830. The van der Waals surface area contributed by atoms with Crippen LogP contribution in [0.5, 0.6) is 0 Å². The predicted molar refractivity (Wildman–Crippen MR) is 252 cm³/mol. The summed E-state index contributed by atoms with van der Waals surface area (Å²) in [6.45, 7) is 9.61. The number of hydrogen-bond donors (Lipinski definition) is 0. The molecule has 0 aliphatic heterocycles. The normalized spacial score (nSPS) is 13.3. The summed E-state index contributed by atoms with van der Waals surface area (Å²) in [5.74, 6) is 0. The number of anilines is 9. The number of allylic oxidation sites excluding steroid dienone is 4. The molecule has 9 nitrogen and oxygen atoms in total. The minimum Gasteiger partial charge on any atom is -1.00 e. The zero-order valence-electron chi connectivity index (χ0n) is 40.1. The molecule has 1 aliphatic carbocycles. The van der Waals surface area contributed by atoms with Crippen molar-refractivity contribution in [3.63, 3.8) is 0 Å². The summed E-state index contributed by atoms with van der Waals surface area (Å²) < 4.78 is -0.442. The summed E-state index contributed by atoms with van der Waals surface area (Å²) in [5, 5.41) is 4.23. The zero-order chi connectivity index (χ0) is 42.7. The summed E-state index contributed by atoms with van der Waals surface area (Å²) in [7, 11) is 36.4. The van der Waals surface area contributed by atoms with E-state index < -0.39 is 11.4 Å². The zero-order valence-corrected chi connectivity index (χ0v) is 45.0. The van der Waals surface area contributed by atoms with Gasteiger partial charge in [-0.2, -0.15) is 0 Å². The quantitative estimate of drug-likeness (QED) is 0.130. The second kappa shape index (κ2) is 19.9. The van der Waals surface area contributed by atoms with Gasteiger partial charge in [0.15, 0.2) is 0 Å². The monoisotopic (exact) mass is 919 g/mol. The van der Waals surface area contributed by atoms with Gasteiger partial charge in [-0.1, -0.05) is 0 Å². The molecule has 326 valence electrons. The van der Waals surface area contributed by atoms with Crippen LogP contribution in [0.2, 0.25) is 3.34 Å². The van der Waals surface area contributed by atoms with Gasteiger partial charge in [-0.15, -0.1) is 0 Å². The van der Waals surface area contributed by atoms with Gasteiger partial charge in [0, 0.05) is 0 Å². The molecule has 0 radical (unpaired) electrons. The van der Waals surface area contributed by atoms with Crippen LogP contribution in [0.3, 0.4) is 0 Å². The average molecular weight is 921 g/mol. The van der Waals surface area contributed by atoms with Crippen molar-refractivity contribution in [3.05, 3.63) is 58.7 Å². The molecule has 0 aromatic heterocycles. The van der Waals surface area contributed by atoms with Gasteiger partial charge >= 0.3 is 356 Å². The van der Waals surface area contributed by atoms with Gasteiger partial charge < -0.3 is 37.2 Å². The molecule has 0 saturated heterocycles. The molecular formula is C45H72Cl3N9SiTi. The molecule has 0 spiro atoms. The minimum atomic E-state index is -3.65. The standard InChI is InChI=1S/C45H72N9Si.3ClH.Ti/c1-29-30(2)32(4)42(31(29)3)55(43-36(49(11)12)26-23-33(46(5)6)39(43)52(17)18,44-37(50(13)14)27-24-34(47(7)8)40(44)53(19)20)45-38(51(15)16)28-25-35(48(9)10)41(45)54(21)22;;;;/h23-28H,1-22H3;3*1H;/q;;;;+3/p-3. The van der Waals surface area contributed by atoms with Crippen molar-refractivity contribution in [2.45, 2.75) is 31.0 Å². The van der Waals surface area contributed by atoms with Crippen LogP contribution in [-0.2, 0) is 20.4 Å². The van der Waals surface area contributed by atoms with E-state index in [4.69, 9.17) is 0 Å². The predicted octanol–water partition coefficient (Wildman–Crippen LogP) is -3.31. The topological polar surface area (TPSA) is 29.2 Å². The van der Waals surface area contributed by atoms with Crippen molar-refractivity contribution < 1.29 is 57.7 Å². The van der Waals surface area contributed by atoms with E-state index in [1.807, 2.05) is 0 Å². The van der Waals surface area contributed by atoms with Gasteiger partial charge in [-0.05, 0) is 0 Å². The van der Waals surface area contributed by atoms with Gasteiger partial charge in [0.1, 0.15) is 0 Å². The first-order valence-corrected chi connectivity index (χ1v) is 22.3. The second-order valence-electron chi connectivity index (χ2n) is 17.5. The maximum absolute atomic E-state index is 3.65. The summed E-state index contributed by atoms with van der Waals surface area (Å²) >= 11 is 2.62. The Morgan fingerprint density at radius 1 is 0.339 bits per heavy atom. The Balaban J connectivity index is 0.00000580. The molecule has 0 fully saturated rings. The molecule has 0 amide bonds. The Labute approximate surface area is 390 Å². The number of halogens is 3. The van der Waals surface area contributed by atoms with Crippen molar-refractivity contribution in [2.75, 3.05) is 171 Å². The molecule has 3 aromatic carbocycles. The molecular weight excluding hydrogens is 849 g/mol. The molecule has 0 atom stereocenters. The van der Waals surface area contributed by atoms with E-state index in [0.29, 0.717) is 0 Å². The first kappa shape index (κ1) is 54.2. The molecule has 1 aliphatic rings. The van der Waals surface area contributed by atoms with Crippen LogP contribution in [0, 0.1) is 0 Å². The summed E-state index contributed by atoms with van der Waals surface area (Å²) in [5.41, 5.74) is 16.8. The van der Waals surface area contributed by atoms with Gasteiger partial charge in [-0.3, -0.25) is 0 Å². The Morgan fingerprint density at radius 3 is 0.695 bits per heavy atom. The van der Waals surface area contributed by atoms with Crippen LogP contribution in [0.4, 0.5) is 51.2 Å². The largest absolute Gasteiger partial charge is 1.00 e. The third-order valence-electron chi connectivity index (χ3n) is 12.1. The first-order valence-electron chi connectivity index (χ1n) is 19.5. The van der Waals surface area contributed by atoms with E-state index in [9.17, 15) is 0 Å². The molecule has 0 bridgehead atoms. The maximum atomic E-state index is 2.62. The van der Waals surface area contributed by atoms with Crippen LogP contribution in [0.25, 0.3) is 0 Å². The SMILES string of the molecule is CC1=C(C)[C]([Ti+3])([Si](c2c(N(C)C)ccc(N(C)C)c2N(C)C)(c2c(N(C)C)ccc(N(C)C)c2N(C)C)c2c(N(C)C)ccc(N(C)C)c2N(C)C)C(C)=C1C.[Cl-].[Cl-].[Cl-]. The van der Waals surface area contributed by atoms with Crippen molar-refractivity contribution in [2.24, 2.45) is 0 Å². The third kappa shape index (κ3) is 8.53. The van der Waals surface area contributed by atoms with Gasteiger partial charge in [0.2, 0.25) is 0 Å². The van der Waals surface area contributed by atoms with Crippen molar-refractivity contribution in [3.8, 4) is 0 Å². The fourth-order valence-electron chi connectivity index (χ4n) is 9.28. The van der Waals surface area contributed by atoms with E-state index in [2.05, 4.69) is 255 Å². The van der Waals surface area contributed by atoms with Crippen molar-refractivity contribution in [1.82, 2.24) is 0 Å². The molecule has 3 aromatic rings. The van der Waals surface area contributed by atoms with E-state index in [0.717, 1.165) is 0 Å². The number of benzene rings is 3. The molecule has 0 N–H and O–H groups in total. The van der Waals surface area contributed by atoms with Crippen molar-refractivity contribution >= 4 is 74.8 Å². The van der Waals surface area contributed by atoms with E-state index in [1.165, 1.54) is 89.0 Å². The van der Waals surface area contributed by atoms with E-state index >= 15 is 0 Å². The van der Waals surface area contributed by atoms with Crippen LogP contribution in [0.15, 0.2) is 58.7 Å². The molecule has 14 heteroatoms. The smallest absolute Gasteiger partial charge is 1.00 e. The Kier molecular flexibility index (Phi) is 18.3. The summed E-state index contributed by atoms with van der Waals surface area (Å²) in [4.78, 5) is 21.2. The van der Waals surface area contributed by atoms with Crippen LogP contribution >= 0.6 is 0 Å². The fourth-order valence-corrected chi connectivity index (χ4v) is 19.2.